The average Bonchev–Trinajstić information content (AvgIpc) is 3.07. The Hall–Kier alpha value is -2.65. The highest BCUT2D eigenvalue weighted by molar-refractivity contribution is 7.09. The molecule has 3 amide bonds. The highest BCUT2D eigenvalue weighted by Gasteiger charge is 2.22. The van der Waals surface area contributed by atoms with Crippen molar-refractivity contribution in [1.82, 2.24) is 14.8 Å². The van der Waals surface area contributed by atoms with Gasteiger partial charge >= 0.3 is 6.03 Å². The van der Waals surface area contributed by atoms with Crippen LogP contribution in [0.1, 0.15) is 10.7 Å². The molecular weight excluding hydrogens is 366 g/mol. The molecule has 1 aromatic carbocycles. The first-order valence-electron chi connectivity index (χ1n) is 8.83. The van der Waals surface area contributed by atoms with Gasteiger partial charge in [-0.05, 0) is 19.1 Å². The molecule has 0 radical (unpaired) electrons. The number of urea groups is 1. The molecule has 9 heteroatoms. The lowest BCUT2D eigenvalue weighted by Gasteiger charge is -2.34. The monoisotopic (exact) mass is 387 g/mol. The van der Waals surface area contributed by atoms with E-state index in [2.05, 4.69) is 25.9 Å². The van der Waals surface area contributed by atoms with E-state index in [0.29, 0.717) is 30.2 Å². The molecule has 0 aliphatic carbocycles. The Balaban J connectivity index is 1.30. The van der Waals surface area contributed by atoms with Gasteiger partial charge in [-0.1, -0.05) is 0 Å². The quantitative estimate of drug-likeness (QED) is 0.843. The van der Waals surface area contributed by atoms with Crippen LogP contribution in [0.25, 0.3) is 0 Å². The molecule has 0 atom stereocenters. The van der Waals surface area contributed by atoms with Crippen molar-refractivity contribution in [2.45, 2.75) is 13.5 Å². The highest BCUT2D eigenvalue weighted by atomic mass is 32.1. The third-order valence-corrected chi connectivity index (χ3v) is 5.40. The van der Waals surface area contributed by atoms with Crippen LogP contribution >= 0.6 is 11.3 Å². The van der Waals surface area contributed by atoms with Gasteiger partial charge in [0, 0.05) is 49.9 Å². The van der Waals surface area contributed by atoms with Crippen LogP contribution in [0.15, 0.2) is 23.6 Å². The average molecular weight is 387 g/mol. The molecule has 4 rings (SSSR count). The Bertz CT molecular complexity index is 860. The number of benzene rings is 1. The fourth-order valence-electron chi connectivity index (χ4n) is 3.17. The second-order valence-electron chi connectivity index (χ2n) is 6.60. The minimum atomic E-state index is -0.176. The van der Waals surface area contributed by atoms with E-state index in [0.717, 1.165) is 30.3 Å². The number of hydrogen-bond donors (Lipinski definition) is 2. The Morgan fingerprint density at radius 1 is 1.33 bits per heavy atom. The van der Waals surface area contributed by atoms with E-state index < -0.39 is 0 Å². The van der Waals surface area contributed by atoms with Crippen molar-refractivity contribution in [3.05, 3.63) is 34.3 Å². The minimum Gasteiger partial charge on any atom is -0.482 e. The Kier molecular flexibility index (Phi) is 4.95. The van der Waals surface area contributed by atoms with Gasteiger partial charge in [0.2, 0.25) is 0 Å². The van der Waals surface area contributed by atoms with E-state index in [1.54, 1.807) is 29.5 Å². The second kappa shape index (κ2) is 7.53. The maximum Gasteiger partial charge on any atom is 0.321 e. The van der Waals surface area contributed by atoms with Gasteiger partial charge in [0.05, 0.1) is 16.4 Å². The molecule has 1 fully saturated rings. The number of thiazole rings is 1. The van der Waals surface area contributed by atoms with Gasteiger partial charge in [0.25, 0.3) is 5.91 Å². The summed E-state index contributed by atoms with van der Waals surface area (Å²) >= 11 is 1.66. The minimum absolute atomic E-state index is 0.00906. The lowest BCUT2D eigenvalue weighted by molar-refractivity contribution is -0.118. The topological polar surface area (TPSA) is 86.8 Å². The fraction of sp³-hybridized carbons (Fsp3) is 0.389. The van der Waals surface area contributed by atoms with Crippen LogP contribution in [0, 0.1) is 6.92 Å². The van der Waals surface area contributed by atoms with Crippen molar-refractivity contribution in [1.29, 1.82) is 0 Å². The number of rotatable bonds is 3. The van der Waals surface area contributed by atoms with E-state index in [4.69, 9.17) is 4.74 Å². The summed E-state index contributed by atoms with van der Waals surface area (Å²) in [5, 5.41) is 8.81. The Morgan fingerprint density at radius 2 is 2.15 bits per heavy atom. The van der Waals surface area contributed by atoms with E-state index in [1.165, 1.54) is 0 Å². The number of nitrogens with zero attached hydrogens (tertiary/aromatic N) is 3. The first kappa shape index (κ1) is 17.7. The van der Waals surface area contributed by atoms with Crippen molar-refractivity contribution in [2.24, 2.45) is 0 Å². The molecule has 1 aromatic heterocycles. The van der Waals surface area contributed by atoms with Crippen molar-refractivity contribution in [3.8, 4) is 5.75 Å². The van der Waals surface area contributed by atoms with Gasteiger partial charge < -0.3 is 20.3 Å². The summed E-state index contributed by atoms with van der Waals surface area (Å²) in [6.07, 6.45) is 0. The summed E-state index contributed by atoms with van der Waals surface area (Å²) in [5.74, 6) is 0.390. The Labute approximate surface area is 161 Å². The lowest BCUT2D eigenvalue weighted by Crippen LogP contribution is -2.49. The molecule has 1 saturated heterocycles. The maximum absolute atomic E-state index is 12.5. The fourth-order valence-corrected chi connectivity index (χ4v) is 3.78. The summed E-state index contributed by atoms with van der Waals surface area (Å²) in [6, 6.07) is 5.09. The van der Waals surface area contributed by atoms with Crippen LogP contribution in [-0.2, 0) is 11.3 Å². The smallest absolute Gasteiger partial charge is 0.321 e. The molecule has 0 bridgehead atoms. The zero-order valence-corrected chi connectivity index (χ0v) is 15.8. The predicted octanol–water partition coefficient (Wildman–Crippen LogP) is 2.13. The number of carbonyl (C=O) groups is 2. The molecule has 2 aliphatic heterocycles. The van der Waals surface area contributed by atoms with Crippen LogP contribution < -0.4 is 15.4 Å². The van der Waals surface area contributed by atoms with Crippen LogP contribution in [0.5, 0.6) is 5.75 Å². The number of piperazine rings is 1. The molecule has 0 saturated carbocycles. The van der Waals surface area contributed by atoms with Gasteiger partial charge in [-0.3, -0.25) is 9.69 Å². The first-order chi connectivity index (χ1) is 13.1. The molecule has 8 nitrogen and oxygen atoms in total. The van der Waals surface area contributed by atoms with E-state index in [9.17, 15) is 9.59 Å². The number of nitrogens with one attached hydrogen (secondary N) is 2. The lowest BCUT2D eigenvalue weighted by atomic mass is 10.2. The predicted molar refractivity (Wildman–Crippen MR) is 103 cm³/mol. The van der Waals surface area contributed by atoms with Crippen molar-refractivity contribution >= 4 is 34.6 Å². The van der Waals surface area contributed by atoms with Gasteiger partial charge in [-0.2, -0.15) is 0 Å². The standard InChI is InChI=1S/C18H21N5O3S/c1-12-19-14(11-27-12)9-22-4-6-23(7-5-22)18(25)20-13-2-3-15-16(8-13)26-10-17(24)21-15/h2-3,8,11H,4-7,9-10H2,1H3,(H,20,25)(H,21,24). The van der Waals surface area contributed by atoms with Crippen LogP contribution in [0.3, 0.4) is 0 Å². The van der Waals surface area contributed by atoms with Gasteiger partial charge in [-0.25, -0.2) is 9.78 Å². The number of aryl methyl sites for hydroxylation is 1. The van der Waals surface area contributed by atoms with Gasteiger partial charge in [0.1, 0.15) is 5.75 Å². The molecule has 142 valence electrons. The van der Waals surface area contributed by atoms with Crippen molar-refractivity contribution < 1.29 is 14.3 Å². The van der Waals surface area contributed by atoms with Gasteiger partial charge in [0.15, 0.2) is 6.61 Å². The normalized spacial score (nSPS) is 17.1. The molecule has 2 N–H and O–H groups in total. The van der Waals surface area contributed by atoms with Crippen LogP contribution in [0.4, 0.5) is 16.2 Å². The summed E-state index contributed by atoms with van der Waals surface area (Å²) < 4.78 is 5.39. The number of aromatic nitrogens is 1. The molecule has 2 aliphatic rings. The highest BCUT2D eigenvalue weighted by Crippen LogP contribution is 2.30. The SMILES string of the molecule is Cc1nc(CN2CCN(C(=O)Nc3ccc4c(c3)OCC(=O)N4)CC2)cs1. The largest absolute Gasteiger partial charge is 0.482 e. The second-order valence-corrected chi connectivity index (χ2v) is 7.66. The Morgan fingerprint density at radius 3 is 2.89 bits per heavy atom. The molecular formula is C18H21N5O3S. The number of anilines is 2. The van der Waals surface area contributed by atoms with Gasteiger partial charge in [-0.15, -0.1) is 11.3 Å². The summed E-state index contributed by atoms with van der Waals surface area (Å²) in [5.41, 5.74) is 2.36. The molecule has 27 heavy (non-hydrogen) atoms. The maximum atomic E-state index is 12.5. The summed E-state index contributed by atoms with van der Waals surface area (Å²) in [4.78, 5) is 32.5. The number of hydrogen-bond acceptors (Lipinski definition) is 6. The van der Waals surface area contributed by atoms with E-state index in [1.807, 2.05) is 11.8 Å². The number of carbonyl (C=O) groups excluding carboxylic acids is 2. The molecule has 0 unspecified atom stereocenters. The van der Waals surface area contributed by atoms with Crippen LogP contribution in [-0.4, -0.2) is 59.5 Å². The molecule has 0 spiro atoms. The molecule has 3 heterocycles. The summed E-state index contributed by atoms with van der Waals surface area (Å²) in [6.45, 7) is 5.82. The van der Waals surface area contributed by atoms with E-state index in [-0.39, 0.29) is 18.5 Å². The number of amides is 3. The zero-order valence-electron chi connectivity index (χ0n) is 15.0. The molecule has 2 aromatic rings. The van der Waals surface area contributed by atoms with Crippen LogP contribution in [0.2, 0.25) is 0 Å². The van der Waals surface area contributed by atoms with E-state index >= 15 is 0 Å². The summed E-state index contributed by atoms with van der Waals surface area (Å²) in [7, 11) is 0. The van der Waals surface area contributed by atoms with Crippen molar-refractivity contribution in [2.75, 3.05) is 43.4 Å². The third-order valence-electron chi connectivity index (χ3n) is 4.58. The number of ether oxygens (including phenoxy) is 1. The van der Waals surface area contributed by atoms with Crippen molar-refractivity contribution in [3.63, 3.8) is 0 Å². The first-order valence-corrected chi connectivity index (χ1v) is 9.71. The third kappa shape index (κ3) is 4.20. The number of fused-ring (bicyclic) bond motifs is 1. The zero-order chi connectivity index (χ0) is 18.8.